The van der Waals surface area contributed by atoms with Crippen LogP contribution in [0.5, 0.6) is 11.5 Å². The molecule has 1 fully saturated rings. The first-order valence-corrected chi connectivity index (χ1v) is 10.6. The first-order chi connectivity index (χ1) is 16.0. The maximum atomic E-state index is 13.2. The lowest BCUT2D eigenvalue weighted by Crippen LogP contribution is -2.29. The number of hydrogen-bond donors (Lipinski definition) is 1. The van der Waals surface area contributed by atoms with Crippen molar-refractivity contribution in [2.24, 2.45) is 0 Å². The monoisotopic (exact) mass is 444 g/mol. The van der Waals surface area contributed by atoms with Crippen LogP contribution in [-0.4, -0.2) is 40.4 Å². The molecule has 0 bridgehead atoms. The third kappa shape index (κ3) is 4.43. The minimum atomic E-state index is -0.795. The molecule has 0 radical (unpaired) electrons. The van der Waals surface area contributed by atoms with Crippen LogP contribution in [0.3, 0.4) is 0 Å². The second-order valence-electron chi connectivity index (χ2n) is 7.53. The summed E-state index contributed by atoms with van der Waals surface area (Å²) in [6, 6.07) is 16.8. The molecule has 1 unspecified atom stereocenters. The molecule has 33 heavy (non-hydrogen) atoms. The number of methoxy groups -OCH3 is 1. The van der Waals surface area contributed by atoms with Crippen molar-refractivity contribution < 1.29 is 24.2 Å². The van der Waals surface area contributed by atoms with Gasteiger partial charge in [-0.25, -0.2) is 0 Å². The van der Waals surface area contributed by atoms with Gasteiger partial charge in [0, 0.05) is 24.5 Å². The third-order valence-electron chi connectivity index (χ3n) is 5.44. The van der Waals surface area contributed by atoms with Gasteiger partial charge in [-0.05, 0) is 48.4 Å². The van der Waals surface area contributed by atoms with Crippen LogP contribution in [0, 0.1) is 0 Å². The molecule has 2 heterocycles. The summed E-state index contributed by atoms with van der Waals surface area (Å²) in [7, 11) is 1.55. The molecule has 1 amide bonds. The van der Waals surface area contributed by atoms with E-state index in [4.69, 9.17) is 9.47 Å². The number of aliphatic hydroxyl groups is 1. The number of carbonyl (C=O) groups is 2. The fourth-order valence-corrected chi connectivity index (χ4v) is 3.94. The van der Waals surface area contributed by atoms with E-state index in [-0.39, 0.29) is 17.9 Å². The Labute approximate surface area is 191 Å². The molecule has 1 saturated heterocycles. The van der Waals surface area contributed by atoms with E-state index in [1.807, 2.05) is 13.0 Å². The molecular weight excluding hydrogens is 420 g/mol. The molecule has 1 atom stereocenters. The quantitative estimate of drug-likeness (QED) is 0.335. The number of Topliss-reactive ketones (excluding diaryl/α,β-unsaturated/α-hetero) is 1. The van der Waals surface area contributed by atoms with E-state index in [1.54, 1.807) is 74.1 Å². The number of carbonyl (C=O) groups excluding carboxylic acids is 2. The average molecular weight is 444 g/mol. The summed E-state index contributed by atoms with van der Waals surface area (Å²) in [5.41, 5.74) is 1.84. The van der Waals surface area contributed by atoms with Crippen LogP contribution in [0.1, 0.15) is 29.7 Å². The third-order valence-corrected chi connectivity index (χ3v) is 5.44. The minimum Gasteiger partial charge on any atom is -0.507 e. The van der Waals surface area contributed by atoms with Gasteiger partial charge in [0.15, 0.2) is 0 Å². The van der Waals surface area contributed by atoms with E-state index in [1.165, 1.54) is 4.90 Å². The Morgan fingerprint density at radius 1 is 1.06 bits per heavy atom. The molecule has 1 N–H and O–H groups in total. The van der Waals surface area contributed by atoms with Crippen molar-refractivity contribution in [3.63, 3.8) is 0 Å². The van der Waals surface area contributed by atoms with Crippen molar-refractivity contribution in [1.82, 2.24) is 9.88 Å². The van der Waals surface area contributed by atoms with E-state index in [2.05, 4.69) is 4.98 Å². The number of aliphatic hydroxyl groups excluding tert-OH is 1. The lowest BCUT2D eigenvalue weighted by molar-refractivity contribution is -0.140. The van der Waals surface area contributed by atoms with Crippen LogP contribution in [0.2, 0.25) is 0 Å². The highest BCUT2D eigenvalue weighted by atomic mass is 16.5. The zero-order chi connectivity index (χ0) is 23.4. The van der Waals surface area contributed by atoms with E-state index >= 15 is 0 Å². The average Bonchev–Trinajstić information content (AvgIpc) is 3.09. The van der Waals surface area contributed by atoms with Crippen molar-refractivity contribution in [2.75, 3.05) is 13.7 Å². The molecule has 4 rings (SSSR count). The van der Waals surface area contributed by atoms with Crippen LogP contribution in [0.15, 0.2) is 78.6 Å². The number of likely N-dealkylation sites (tertiary alicyclic amines) is 1. The lowest BCUT2D eigenvalue weighted by Gasteiger charge is -2.25. The molecule has 0 spiro atoms. The SMILES string of the molecule is CCOc1cccc(/C(O)=C2\C(=O)C(=O)N(Cc3cccnc3)C2c2cccc(OC)c2)c1. The topological polar surface area (TPSA) is 89.0 Å². The highest BCUT2D eigenvalue weighted by Gasteiger charge is 2.46. The van der Waals surface area contributed by atoms with Gasteiger partial charge in [0.2, 0.25) is 0 Å². The van der Waals surface area contributed by atoms with E-state index in [9.17, 15) is 14.7 Å². The second-order valence-corrected chi connectivity index (χ2v) is 7.53. The number of nitrogens with zero attached hydrogens (tertiary/aromatic N) is 2. The molecule has 0 aliphatic carbocycles. The van der Waals surface area contributed by atoms with Crippen molar-refractivity contribution in [2.45, 2.75) is 19.5 Å². The summed E-state index contributed by atoms with van der Waals surface area (Å²) >= 11 is 0. The van der Waals surface area contributed by atoms with Gasteiger partial charge in [-0.3, -0.25) is 14.6 Å². The Morgan fingerprint density at radius 2 is 1.85 bits per heavy atom. The Morgan fingerprint density at radius 3 is 2.58 bits per heavy atom. The molecule has 7 heteroatoms. The second kappa shape index (κ2) is 9.56. The van der Waals surface area contributed by atoms with Crippen LogP contribution in [0.4, 0.5) is 0 Å². The number of aromatic nitrogens is 1. The van der Waals surface area contributed by atoms with E-state index in [0.717, 1.165) is 5.56 Å². The number of ketones is 1. The maximum absolute atomic E-state index is 13.2. The fourth-order valence-electron chi connectivity index (χ4n) is 3.94. The number of ether oxygens (including phenoxy) is 2. The molecule has 1 aromatic heterocycles. The summed E-state index contributed by atoms with van der Waals surface area (Å²) < 4.78 is 10.9. The number of rotatable bonds is 7. The number of benzene rings is 2. The van der Waals surface area contributed by atoms with Gasteiger partial charge < -0.3 is 19.5 Å². The van der Waals surface area contributed by atoms with Crippen molar-refractivity contribution in [3.8, 4) is 11.5 Å². The molecular formula is C26H24N2O5. The predicted molar refractivity (Wildman–Crippen MR) is 123 cm³/mol. The van der Waals surface area contributed by atoms with Gasteiger partial charge in [0.05, 0.1) is 25.3 Å². The Kier molecular flexibility index (Phi) is 6.40. The molecule has 1 aliphatic rings. The van der Waals surface area contributed by atoms with Crippen LogP contribution >= 0.6 is 0 Å². The fraction of sp³-hybridized carbons (Fsp3) is 0.192. The Hall–Kier alpha value is -4.13. The first kappa shape index (κ1) is 22.1. The Bertz CT molecular complexity index is 1210. The van der Waals surface area contributed by atoms with Gasteiger partial charge in [-0.1, -0.05) is 30.3 Å². The molecule has 3 aromatic rings. The summed E-state index contributed by atoms with van der Waals surface area (Å²) in [5.74, 6) is -0.543. The highest BCUT2D eigenvalue weighted by Crippen LogP contribution is 2.41. The van der Waals surface area contributed by atoms with Crippen molar-refractivity contribution in [3.05, 3.63) is 95.3 Å². The molecule has 1 aliphatic heterocycles. The van der Waals surface area contributed by atoms with E-state index in [0.29, 0.717) is 29.2 Å². The van der Waals surface area contributed by atoms with Gasteiger partial charge in [0.1, 0.15) is 17.3 Å². The zero-order valence-electron chi connectivity index (χ0n) is 18.4. The summed E-state index contributed by atoms with van der Waals surface area (Å²) in [4.78, 5) is 31.9. The van der Waals surface area contributed by atoms with E-state index < -0.39 is 17.7 Å². The van der Waals surface area contributed by atoms with Gasteiger partial charge in [-0.15, -0.1) is 0 Å². The van der Waals surface area contributed by atoms with Crippen LogP contribution in [0.25, 0.3) is 5.76 Å². The molecule has 168 valence electrons. The van der Waals surface area contributed by atoms with Crippen LogP contribution in [-0.2, 0) is 16.1 Å². The molecule has 0 saturated carbocycles. The first-order valence-electron chi connectivity index (χ1n) is 10.6. The summed E-state index contributed by atoms with van der Waals surface area (Å²) in [5, 5.41) is 11.2. The van der Waals surface area contributed by atoms with Crippen molar-refractivity contribution in [1.29, 1.82) is 0 Å². The number of pyridine rings is 1. The van der Waals surface area contributed by atoms with Gasteiger partial charge in [0.25, 0.3) is 11.7 Å². The summed E-state index contributed by atoms with van der Waals surface area (Å²) in [6.45, 7) is 2.48. The lowest BCUT2D eigenvalue weighted by atomic mass is 9.95. The number of hydrogen-bond acceptors (Lipinski definition) is 6. The van der Waals surface area contributed by atoms with Crippen LogP contribution < -0.4 is 9.47 Å². The van der Waals surface area contributed by atoms with Gasteiger partial charge in [-0.2, -0.15) is 0 Å². The van der Waals surface area contributed by atoms with Gasteiger partial charge >= 0.3 is 0 Å². The normalized spacial score (nSPS) is 17.3. The number of amides is 1. The standard InChI is InChI=1S/C26H24N2O5/c1-3-33-21-11-5-9-19(14-21)24(29)22-23(18-8-4-10-20(13-18)32-2)28(26(31)25(22)30)16-17-7-6-12-27-15-17/h4-15,23,29H,3,16H2,1-2H3/b24-22+. The smallest absolute Gasteiger partial charge is 0.295 e. The zero-order valence-corrected chi connectivity index (χ0v) is 18.4. The highest BCUT2D eigenvalue weighted by molar-refractivity contribution is 6.46. The van der Waals surface area contributed by atoms with Crippen molar-refractivity contribution >= 4 is 17.4 Å². The molecule has 2 aromatic carbocycles. The molecule has 7 nitrogen and oxygen atoms in total. The largest absolute Gasteiger partial charge is 0.507 e. The summed E-state index contributed by atoms with van der Waals surface area (Å²) in [6.07, 6.45) is 3.29. The maximum Gasteiger partial charge on any atom is 0.295 e. The Balaban J connectivity index is 1.86. The minimum absolute atomic E-state index is 0.0193. The predicted octanol–water partition coefficient (Wildman–Crippen LogP) is 4.11.